The van der Waals surface area contributed by atoms with Crippen LogP contribution in [0.15, 0.2) is 24.3 Å². The molecule has 1 aliphatic rings. The number of benzene rings is 1. The summed E-state index contributed by atoms with van der Waals surface area (Å²) < 4.78 is 0. The smallest absolute Gasteiger partial charge is 0.238 e. The van der Waals surface area contributed by atoms with Crippen LogP contribution in [0.1, 0.15) is 19.8 Å². The van der Waals surface area contributed by atoms with Gasteiger partial charge in [0.05, 0.1) is 6.54 Å². The van der Waals surface area contributed by atoms with Gasteiger partial charge >= 0.3 is 0 Å². The van der Waals surface area contributed by atoms with Crippen molar-refractivity contribution in [1.29, 1.82) is 0 Å². The molecule has 1 aromatic rings. The Labute approximate surface area is 131 Å². The van der Waals surface area contributed by atoms with Gasteiger partial charge in [-0.2, -0.15) is 0 Å². The standard InChI is InChI=1S/C16H24ClN3O/c1-13(12-20-7-2-3-8-20)10-18-11-16(21)19-15-6-4-5-14(17)9-15/h4-6,9,13,18H,2-3,7-8,10-12H2,1H3,(H,19,21). The van der Waals surface area contributed by atoms with E-state index in [4.69, 9.17) is 11.6 Å². The van der Waals surface area contributed by atoms with Gasteiger partial charge in [-0.3, -0.25) is 4.79 Å². The van der Waals surface area contributed by atoms with E-state index in [1.54, 1.807) is 12.1 Å². The van der Waals surface area contributed by atoms with Crippen molar-refractivity contribution in [2.24, 2.45) is 5.92 Å². The highest BCUT2D eigenvalue weighted by molar-refractivity contribution is 6.30. The number of carbonyl (C=O) groups excluding carboxylic acids is 1. The number of halogens is 1. The molecule has 5 heteroatoms. The van der Waals surface area contributed by atoms with Crippen molar-refractivity contribution in [3.05, 3.63) is 29.3 Å². The summed E-state index contributed by atoms with van der Waals surface area (Å²) in [6.07, 6.45) is 2.64. The van der Waals surface area contributed by atoms with E-state index in [0.717, 1.165) is 18.8 Å². The molecule has 0 aromatic heterocycles. The summed E-state index contributed by atoms with van der Waals surface area (Å²) in [5.74, 6) is 0.521. The normalized spacial score (nSPS) is 16.9. The molecule has 1 amide bonds. The first-order valence-electron chi connectivity index (χ1n) is 7.62. The molecule has 0 aliphatic carbocycles. The van der Waals surface area contributed by atoms with Crippen molar-refractivity contribution < 1.29 is 4.79 Å². The Morgan fingerprint density at radius 3 is 2.86 bits per heavy atom. The molecular formula is C16H24ClN3O. The van der Waals surface area contributed by atoms with Crippen LogP contribution in [0.2, 0.25) is 5.02 Å². The van der Waals surface area contributed by atoms with E-state index < -0.39 is 0 Å². The van der Waals surface area contributed by atoms with E-state index in [2.05, 4.69) is 22.5 Å². The Morgan fingerprint density at radius 2 is 2.14 bits per heavy atom. The zero-order chi connectivity index (χ0) is 15.1. The number of likely N-dealkylation sites (tertiary alicyclic amines) is 1. The molecule has 1 atom stereocenters. The maximum absolute atomic E-state index is 11.8. The lowest BCUT2D eigenvalue weighted by molar-refractivity contribution is -0.115. The van der Waals surface area contributed by atoms with Crippen LogP contribution < -0.4 is 10.6 Å². The van der Waals surface area contributed by atoms with E-state index in [1.165, 1.54) is 25.9 Å². The fourth-order valence-corrected chi connectivity index (χ4v) is 2.86. The Balaban J connectivity index is 1.62. The van der Waals surface area contributed by atoms with E-state index in [1.807, 2.05) is 12.1 Å². The van der Waals surface area contributed by atoms with Gasteiger partial charge in [0.25, 0.3) is 0 Å². The van der Waals surface area contributed by atoms with Gasteiger partial charge in [0, 0.05) is 17.3 Å². The van der Waals surface area contributed by atoms with Crippen molar-refractivity contribution in [3.63, 3.8) is 0 Å². The SMILES string of the molecule is CC(CNCC(=O)Nc1cccc(Cl)c1)CN1CCCC1. The number of amides is 1. The summed E-state index contributed by atoms with van der Waals surface area (Å²) in [6, 6.07) is 7.19. The van der Waals surface area contributed by atoms with Gasteiger partial charge in [0.15, 0.2) is 0 Å². The predicted octanol–water partition coefficient (Wildman–Crippen LogP) is 2.60. The second kappa shape index (κ2) is 8.37. The van der Waals surface area contributed by atoms with Crippen LogP contribution in [0.3, 0.4) is 0 Å². The molecule has 116 valence electrons. The molecule has 0 bridgehead atoms. The fraction of sp³-hybridized carbons (Fsp3) is 0.562. The molecule has 21 heavy (non-hydrogen) atoms. The third-order valence-electron chi connectivity index (χ3n) is 3.66. The molecule has 1 unspecified atom stereocenters. The second-order valence-corrected chi connectivity index (χ2v) is 6.24. The number of rotatable bonds is 7. The van der Waals surface area contributed by atoms with Gasteiger partial charge in [0.2, 0.25) is 5.91 Å². The molecule has 4 nitrogen and oxygen atoms in total. The van der Waals surface area contributed by atoms with Gasteiger partial charge in [-0.1, -0.05) is 24.6 Å². The fourth-order valence-electron chi connectivity index (χ4n) is 2.67. The Kier molecular flexibility index (Phi) is 6.49. The first-order chi connectivity index (χ1) is 10.1. The first kappa shape index (κ1) is 16.3. The largest absolute Gasteiger partial charge is 0.325 e. The number of hydrogen-bond donors (Lipinski definition) is 2. The van der Waals surface area contributed by atoms with Gasteiger partial charge in [-0.15, -0.1) is 0 Å². The van der Waals surface area contributed by atoms with E-state index in [0.29, 0.717) is 17.5 Å². The maximum atomic E-state index is 11.8. The Morgan fingerprint density at radius 1 is 1.38 bits per heavy atom. The molecule has 1 aliphatic heterocycles. The number of anilines is 1. The van der Waals surface area contributed by atoms with Gasteiger partial charge < -0.3 is 15.5 Å². The lowest BCUT2D eigenvalue weighted by atomic mass is 10.1. The summed E-state index contributed by atoms with van der Waals surface area (Å²) in [5, 5.41) is 6.68. The van der Waals surface area contributed by atoms with Crippen LogP contribution in [0.5, 0.6) is 0 Å². The van der Waals surface area contributed by atoms with Crippen LogP contribution in [0.4, 0.5) is 5.69 Å². The lowest BCUT2D eigenvalue weighted by Gasteiger charge is -2.20. The number of carbonyl (C=O) groups is 1. The molecule has 1 saturated heterocycles. The van der Waals surface area contributed by atoms with Crippen LogP contribution in [-0.4, -0.2) is 43.5 Å². The summed E-state index contributed by atoms with van der Waals surface area (Å²) in [7, 11) is 0. The highest BCUT2D eigenvalue weighted by atomic mass is 35.5. The minimum atomic E-state index is -0.0364. The Bertz CT molecular complexity index is 461. The number of nitrogens with one attached hydrogen (secondary N) is 2. The third kappa shape index (κ3) is 6.04. The van der Waals surface area contributed by atoms with Gasteiger partial charge in [-0.05, 0) is 56.6 Å². The predicted molar refractivity (Wildman–Crippen MR) is 87.8 cm³/mol. The van der Waals surface area contributed by atoms with Crippen LogP contribution in [0.25, 0.3) is 0 Å². The third-order valence-corrected chi connectivity index (χ3v) is 3.89. The highest BCUT2D eigenvalue weighted by Crippen LogP contribution is 2.14. The molecule has 2 N–H and O–H groups in total. The topological polar surface area (TPSA) is 44.4 Å². The van der Waals surface area contributed by atoms with Crippen molar-refractivity contribution >= 4 is 23.2 Å². The van der Waals surface area contributed by atoms with Gasteiger partial charge in [0.1, 0.15) is 0 Å². The summed E-state index contributed by atoms with van der Waals surface area (Å²) in [6.45, 7) is 6.97. The summed E-state index contributed by atoms with van der Waals surface area (Å²) in [5.41, 5.74) is 0.736. The molecule has 0 saturated carbocycles. The lowest BCUT2D eigenvalue weighted by Crippen LogP contribution is -2.35. The molecular weight excluding hydrogens is 286 g/mol. The quantitative estimate of drug-likeness (QED) is 0.814. The van der Waals surface area contributed by atoms with Crippen LogP contribution in [0, 0.1) is 5.92 Å². The molecule has 1 aromatic carbocycles. The van der Waals surface area contributed by atoms with Crippen molar-refractivity contribution in [3.8, 4) is 0 Å². The minimum Gasteiger partial charge on any atom is -0.325 e. The number of nitrogens with zero attached hydrogens (tertiary/aromatic N) is 1. The molecule has 1 fully saturated rings. The van der Waals surface area contributed by atoms with E-state index >= 15 is 0 Å². The summed E-state index contributed by atoms with van der Waals surface area (Å²) in [4.78, 5) is 14.3. The minimum absolute atomic E-state index is 0.0364. The Hall–Kier alpha value is -1.10. The molecule has 0 spiro atoms. The number of hydrogen-bond acceptors (Lipinski definition) is 3. The molecule has 1 heterocycles. The average molecular weight is 310 g/mol. The zero-order valence-electron chi connectivity index (χ0n) is 12.6. The molecule has 0 radical (unpaired) electrons. The first-order valence-corrected chi connectivity index (χ1v) is 8.00. The van der Waals surface area contributed by atoms with Crippen molar-refractivity contribution in [1.82, 2.24) is 10.2 Å². The van der Waals surface area contributed by atoms with E-state index in [9.17, 15) is 4.79 Å². The zero-order valence-corrected chi connectivity index (χ0v) is 13.3. The second-order valence-electron chi connectivity index (χ2n) is 5.80. The van der Waals surface area contributed by atoms with Gasteiger partial charge in [-0.25, -0.2) is 0 Å². The monoisotopic (exact) mass is 309 g/mol. The van der Waals surface area contributed by atoms with Crippen molar-refractivity contribution in [2.45, 2.75) is 19.8 Å². The maximum Gasteiger partial charge on any atom is 0.238 e. The summed E-state index contributed by atoms with van der Waals surface area (Å²) >= 11 is 5.88. The highest BCUT2D eigenvalue weighted by Gasteiger charge is 2.14. The van der Waals surface area contributed by atoms with Crippen LogP contribution >= 0.6 is 11.6 Å². The molecule has 2 rings (SSSR count). The van der Waals surface area contributed by atoms with E-state index in [-0.39, 0.29) is 5.91 Å². The average Bonchev–Trinajstić information content (AvgIpc) is 2.91. The van der Waals surface area contributed by atoms with Crippen molar-refractivity contribution in [2.75, 3.05) is 38.0 Å². The van der Waals surface area contributed by atoms with Crippen LogP contribution in [-0.2, 0) is 4.79 Å².